The van der Waals surface area contributed by atoms with E-state index in [9.17, 15) is 18.8 Å². The van der Waals surface area contributed by atoms with Crippen molar-refractivity contribution in [2.75, 3.05) is 24.5 Å². The first-order chi connectivity index (χ1) is 22.6. The molecule has 0 spiro atoms. The van der Waals surface area contributed by atoms with Crippen LogP contribution in [0.25, 0.3) is 10.4 Å². The number of amides is 2. The summed E-state index contributed by atoms with van der Waals surface area (Å²) in [4.78, 5) is 48.8. The number of rotatable bonds is 8. The van der Waals surface area contributed by atoms with Crippen molar-refractivity contribution in [2.45, 2.75) is 90.4 Å². The quantitative estimate of drug-likeness (QED) is 0.199. The normalized spacial score (nSPS) is 19.4. The molecule has 0 radical (unpaired) electrons. The first-order valence-electron chi connectivity index (χ1n) is 16.0. The minimum Gasteiger partial charge on any atom is -0.444 e. The fourth-order valence-electron chi connectivity index (χ4n) is 5.36. The summed E-state index contributed by atoms with van der Waals surface area (Å²) in [6.45, 7) is 12.3. The fourth-order valence-corrected chi connectivity index (χ4v) is 6.33. The van der Waals surface area contributed by atoms with Gasteiger partial charge in [0.15, 0.2) is 17.3 Å². The zero-order chi connectivity index (χ0) is 34.6. The molecule has 0 aliphatic carbocycles. The fraction of sp³-hybridized carbons (Fsp3) is 0.486. The van der Waals surface area contributed by atoms with Gasteiger partial charge in [-0.05, 0) is 83.2 Å². The third-order valence-electron chi connectivity index (χ3n) is 7.66. The van der Waals surface area contributed by atoms with Gasteiger partial charge < -0.3 is 29.2 Å². The number of benzene rings is 2. The molecule has 258 valence electrons. The Morgan fingerprint density at radius 1 is 0.958 bits per heavy atom. The van der Waals surface area contributed by atoms with Crippen LogP contribution < -0.4 is 10.2 Å². The number of anilines is 1. The number of carbonyl (C=O) groups is 3. The van der Waals surface area contributed by atoms with Gasteiger partial charge in [-0.15, -0.1) is 0 Å². The summed E-state index contributed by atoms with van der Waals surface area (Å²) in [5, 5.41) is 3.64. The molecule has 3 aromatic rings. The third kappa shape index (κ3) is 9.36. The minimum atomic E-state index is -1.09. The molecule has 2 aromatic carbocycles. The van der Waals surface area contributed by atoms with Crippen molar-refractivity contribution in [3.05, 3.63) is 71.7 Å². The van der Waals surface area contributed by atoms with Crippen LogP contribution in [0.2, 0.25) is 0 Å². The van der Waals surface area contributed by atoms with Crippen molar-refractivity contribution in [1.29, 1.82) is 0 Å². The molecule has 2 amide bonds. The Kier molecular flexibility index (Phi) is 10.5. The number of carbonyl (C=O) groups excluding carboxylic acids is 3. The lowest BCUT2D eigenvalue weighted by Crippen LogP contribution is -2.46. The Labute approximate surface area is 284 Å². The number of aromatic nitrogens is 1. The second-order valence-corrected chi connectivity index (χ2v) is 14.9. The van der Waals surface area contributed by atoms with E-state index in [1.807, 2.05) is 30.5 Å². The van der Waals surface area contributed by atoms with Gasteiger partial charge in [-0.3, -0.25) is 4.90 Å². The first-order valence-corrected chi connectivity index (χ1v) is 16.8. The number of hydrogen-bond donors (Lipinski definition) is 1. The molecule has 1 N–H and O–H groups in total. The molecule has 3 atom stereocenters. The maximum atomic E-state index is 13.7. The lowest BCUT2D eigenvalue weighted by atomic mass is 9.99. The van der Waals surface area contributed by atoms with E-state index in [0.29, 0.717) is 5.56 Å². The van der Waals surface area contributed by atoms with E-state index >= 15 is 0 Å². The van der Waals surface area contributed by atoms with E-state index in [-0.39, 0.29) is 19.5 Å². The molecule has 2 aliphatic rings. The minimum absolute atomic E-state index is 0.000136. The lowest BCUT2D eigenvalue weighted by Gasteiger charge is -2.30. The molecule has 0 unspecified atom stereocenters. The maximum Gasteiger partial charge on any atom is 0.509 e. The van der Waals surface area contributed by atoms with Crippen molar-refractivity contribution >= 4 is 34.8 Å². The topological polar surface area (TPSA) is 120 Å². The molecule has 3 heterocycles. The number of alkyl carbamates (subject to hydrolysis) is 1. The summed E-state index contributed by atoms with van der Waals surface area (Å²) in [5.74, 6) is -0.435. The van der Waals surface area contributed by atoms with Gasteiger partial charge in [-0.1, -0.05) is 47.7 Å². The number of hydrogen-bond acceptors (Lipinski definition) is 10. The Hall–Kier alpha value is -4.39. The Balaban J connectivity index is 1.39. The van der Waals surface area contributed by atoms with Crippen LogP contribution in [0, 0.1) is 5.82 Å². The zero-order valence-electron chi connectivity index (χ0n) is 28.2. The average Bonchev–Trinajstić information content (AvgIpc) is 3.55. The molecule has 2 aliphatic heterocycles. The largest absolute Gasteiger partial charge is 0.509 e. The number of nitrogens with one attached hydrogen (secondary N) is 1. The van der Waals surface area contributed by atoms with E-state index in [0.717, 1.165) is 34.2 Å². The number of halogens is 1. The van der Waals surface area contributed by atoms with Crippen LogP contribution in [-0.4, -0.2) is 77.3 Å². The highest BCUT2D eigenvalue weighted by Crippen LogP contribution is 2.34. The van der Waals surface area contributed by atoms with Crippen LogP contribution >= 0.6 is 11.3 Å². The number of ether oxygens (including phenoxy) is 4. The summed E-state index contributed by atoms with van der Waals surface area (Å²) in [5.41, 5.74) is 0.750. The van der Waals surface area contributed by atoms with Crippen LogP contribution in [0.3, 0.4) is 0 Å². The van der Waals surface area contributed by atoms with Crippen LogP contribution in [0.15, 0.2) is 54.7 Å². The standard InChI is InChI=1S/C35H43FN4O7S/c1-34(2,3)46-32(42)40-21-27(44-33(43)47-35(4,5)6)29(45-31(41)38-19-23-9-7-10-25(36)17-23)26(40)18-22-11-13-24(14-12-22)28-20-37-30(48-28)39-15-8-16-39/h7,9-14,17,20,26-27,29H,8,15-16,18-19,21H2,1-6H3,(H,38,41)/t26-,27+,29+/m1/s1. The summed E-state index contributed by atoms with van der Waals surface area (Å²) < 4.78 is 36.4. The zero-order valence-corrected chi connectivity index (χ0v) is 29.0. The van der Waals surface area contributed by atoms with Gasteiger partial charge in [0, 0.05) is 25.8 Å². The molecule has 5 rings (SSSR count). The van der Waals surface area contributed by atoms with Gasteiger partial charge in [-0.25, -0.2) is 23.8 Å². The monoisotopic (exact) mass is 682 g/mol. The summed E-state index contributed by atoms with van der Waals surface area (Å²) in [6.07, 6.45) is -1.26. The molecule has 48 heavy (non-hydrogen) atoms. The molecule has 13 heteroatoms. The number of thiazole rings is 1. The van der Waals surface area contributed by atoms with Gasteiger partial charge in [0.05, 0.1) is 17.5 Å². The SMILES string of the molecule is CC(C)(C)OC(=O)O[C@H]1CN(C(=O)OC(C)(C)C)[C@H](Cc2ccc(-c3cnc(N4CCC4)s3)cc2)[C@@H]1OC(=O)NCc1cccc(F)c1. The van der Waals surface area contributed by atoms with Gasteiger partial charge in [0.2, 0.25) is 0 Å². The Bertz CT molecular complexity index is 1600. The second-order valence-electron chi connectivity index (χ2n) is 13.9. The molecular formula is C35H43FN4O7S. The average molecular weight is 683 g/mol. The molecule has 11 nitrogen and oxygen atoms in total. The Morgan fingerprint density at radius 3 is 2.29 bits per heavy atom. The van der Waals surface area contributed by atoms with Crippen LogP contribution in [0.4, 0.5) is 23.9 Å². The van der Waals surface area contributed by atoms with E-state index in [4.69, 9.17) is 18.9 Å². The van der Waals surface area contributed by atoms with Crippen molar-refractivity contribution in [3.63, 3.8) is 0 Å². The van der Waals surface area contributed by atoms with Gasteiger partial charge >= 0.3 is 18.3 Å². The number of nitrogens with zero attached hydrogens (tertiary/aromatic N) is 3. The third-order valence-corrected chi connectivity index (χ3v) is 8.77. The van der Waals surface area contributed by atoms with Crippen molar-refractivity contribution in [1.82, 2.24) is 15.2 Å². The van der Waals surface area contributed by atoms with E-state index in [2.05, 4.69) is 15.2 Å². The van der Waals surface area contributed by atoms with Crippen LogP contribution in [-0.2, 0) is 31.9 Å². The first kappa shape index (κ1) is 34.9. The van der Waals surface area contributed by atoms with Crippen molar-refractivity contribution in [2.24, 2.45) is 0 Å². The molecule has 2 saturated heterocycles. The highest BCUT2D eigenvalue weighted by atomic mass is 32.1. The Morgan fingerprint density at radius 2 is 1.67 bits per heavy atom. The predicted octanol–water partition coefficient (Wildman–Crippen LogP) is 6.94. The second kappa shape index (κ2) is 14.4. The maximum absolute atomic E-state index is 13.7. The predicted molar refractivity (Wildman–Crippen MR) is 179 cm³/mol. The highest BCUT2D eigenvalue weighted by molar-refractivity contribution is 7.18. The molecule has 0 bridgehead atoms. The van der Waals surface area contributed by atoms with Gasteiger partial charge in [0.1, 0.15) is 17.0 Å². The summed E-state index contributed by atoms with van der Waals surface area (Å²) in [6, 6.07) is 12.9. The van der Waals surface area contributed by atoms with E-state index < -0.39 is 53.6 Å². The molecule has 0 saturated carbocycles. The van der Waals surface area contributed by atoms with Gasteiger partial charge in [-0.2, -0.15) is 0 Å². The van der Waals surface area contributed by atoms with Crippen molar-refractivity contribution in [3.8, 4) is 10.4 Å². The highest BCUT2D eigenvalue weighted by Gasteiger charge is 2.50. The van der Waals surface area contributed by atoms with Crippen molar-refractivity contribution < 1.29 is 37.7 Å². The molecule has 1 aromatic heterocycles. The summed E-state index contributed by atoms with van der Waals surface area (Å²) >= 11 is 1.64. The van der Waals surface area contributed by atoms with E-state index in [1.54, 1.807) is 65.0 Å². The van der Waals surface area contributed by atoms with E-state index in [1.165, 1.54) is 23.5 Å². The molecule has 2 fully saturated rings. The number of likely N-dealkylation sites (tertiary alicyclic amines) is 1. The summed E-state index contributed by atoms with van der Waals surface area (Å²) in [7, 11) is 0. The molecular weight excluding hydrogens is 639 g/mol. The smallest absolute Gasteiger partial charge is 0.444 e. The van der Waals surface area contributed by atoms with Crippen LogP contribution in [0.1, 0.15) is 59.1 Å². The van der Waals surface area contributed by atoms with Gasteiger partial charge in [0.25, 0.3) is 0 Å². The van der Waals surface area contributed by atoms with Crippen LogP contribution in [0.5, 0.6) is 0 Å². The lowest BCUT2D eigenvalue weighted by molar-refractivity contribution is -0.0518.